The van der Waals surface area contributed by atoms with Crippen molar-refractivity contribution in [2.45, 2.75) is 26.3 Å². The highest BCUT2D eigenvalue weighted by Gasteiger charge is 2.09. The van der Waals surface area contributed by atoms with Crippen molar-refractivity contribution in [3.63, 3.8) is 0 Å². The van der Waals surface area contributed by atoms with Crippen LogP contribution in [0.4, 0.5) is 0 Å². The van der Waals surface area contributed by atoms with Crippen molar-refractivity contribution in [3.8, 4) is 0 Å². The lowest BCUT2D eigenvalue weighted by molar-refractivity contribution is -0.874. The van der Waals surface area contributed by atoms with Gasteiger partial charge in [0.05, 0.1) is 13.6 Å². The molecule has 0 aliphatic carbocycles. The number of benzene rings is 1. The molecule has 1 rings (SSSR count). The molecule has 0 saturated carbocycles. The lowest BCUT2D eigenvalue weighted by Gasteiger charge is -2.38. The summed E-state index contributed by atoms with van der Waals surface area (Å²) in [5, 5.41) is 12.0. The Hall–Kier alpha value is -0.860. The number of hydrogen-bond donors (Lipinski definition) is 0. The Kier molecular flexibility index (Phi) is 4.11. The van der Waals surface area contributed by atoms with Gasteiger partial charge in [0.15, 0.2) is 0 Å². The summed E-state index contributed by atoms with van der Waals surface area (Å²) in [6, 6.07) is 9.97. The van der Waals surface area contributed by atoms with Crippen LogP contribution in [-0.4, -0.2) is 18.2 Å². The van der Waals surface area contributed by atoms with Gasteiger partial charge in [-0.1, -0.05) is 43.7 Å². The van der Waals surface area contributed by atoms with Crippen LogP contribution >= 0.6 is 0 Å². The molecule has 0 radical (unpaired) electrons. The summed E-state index contributed by atoms with van der Waals surface area (Å²) in [6.45, 7) is 3.41. The molecule has 1 unspecified atom stereocenters. The van der Waals surface area contributed by atoms with Crippen molar-refractivity contribution in [2.24, 2.45) is 0 Å². The largest absolute Gasteiger partial charge is 0.633 e. The molecule has 0 saturated heterocycles. The Morgan fingerprint density at radius 1 is 1.21 bits per heavy atom. The molecule has 0 aromatic heterocycles. The van der Waals surface area contributed by atoms with Crippen LogP contribution in [0.15, 0.2) is 30.3 Å². The second-order valence-corrected chi connectivity index (χ2v) is 4.02. The minimum Gasteiger partial charge on any atom is -0.633 e. The van der Waals surface area contributed by atoms with Crippen molar-refractivity contribution in [2.75, 3.05) is 13.6 Å². The third-order valence-corrected chi connectivity index (χ3v) is 2.34. The van der Waals surface area contributed by atoms with Crippen molar-refractivity contribution in [1.29, 1.82) is 0 Å². The zero-order chi connectivity index (χ0) is 10.4. The highest BCUT2D eigenvalue weighted by Crippen LogP contribution is 2.11. The van der Waals surface area contributed by atoms with E-state index in [1.54, 1.807) is 7.05 Å². The molecule has 0 bridgehead atoms. The molecule has 0 N–H and O–H groups in total. The maximum Gasteiger partial charge on any atom is 0.104 e. The standard InChI is InChI=1S/C12H19NO/c1-3-4-10-13(2,14)11-12-8-6-5-7-9-12/h5-9H,3-4,10-11H2,1-2H3. The van der Waals surface area contributed by atoms with Crippen molar-refractivity contribution < 1.29 is 4.65 Å². The fourth-order valence-electron chi connectivity index (χ4n) is 1.54. The first-order valence-electron chi connectivity index (χ1n) is 5.23. The zero-order valence-electron chi connectivity index (χ0n) is 9.07. The van der Waals surface area contributed by atoms with Gasteiger partial charge in [-0.2, -0.15) is 0 Å². The summed E-state index contributed by atoms with van der Waals surface area (Å²) in [4.78, 5) is 0. The second-order valence-electron chi connectivity index (χ2n) is 4.02. The first-order valence-corrected chi connectivity index (χ1v) is 5.23. The third kappa shape index (κ3) is 3.90. The normalized spacial score (nSPS) is 15.1. The average molecular weight is 193 g/mol. The van der Waals surface area contributed by atoms with Crippen LogP contribution in [0.5, 0.6) is 0 Å². The molecule has 1 aromatic rings. The van der Waals surface area contributed by atoms with Crippen LogP contribution in [0.25, 0.3) is 0 Å². The molecule has 2 nitrogen and oxygen atoms in total. The van der Waals surface area contributed by atoms with E-state index in [2.05, 4.69) is 6.92 Å². The Labute approximate surface area is 86.3 Å². The average Bonchev–Trinajstić information content (AvgIpc) is 2.16. The fraction of sp³-hybridized carbons (Fsp3) is 0.500. The van der Waals surface area contributed by atoms with Crippen molar-refractivity contribution >= 4 is 0 Å². The van der Waals surface area contributed by atoms with E-state index < -0.39 is 0 Å². The number of unbranched alkanes of at least 4 members (excludes halogenated alkanes) is 1. The van der Waals surface area contributed by atoms with Crippen molar-refractivity contribution in [1.82, 2.24) is 0 Å². The van der Waals surface area contributed by atoms with Gasteiger partial charge in [0, 0.05) is 5.56 Å². The van der Waals surface area contributed by atoms with E-state index >= 15 is 0 Å². The Balaban J connectivity index is 2.50. The van der Waals surface area contributed by atoms with E-state index in [0.717, 1.165) is 18.4 Å². The molecular weight excluding hydrogens is 174 g/mol. The zero-order valence-corrected chi connectivity index (χ0v) is 9.07. The van der Waals surface area contributed by atoms with Crippen LogP contribution in [0.2, 0.25) is 0 Å². The van der Waals surface area contributed by atoms with Gasteiger partial charge in [0.2, 0.25) is 0 Å². The number of quaternary nitrogens is 1. The van der Waals surface area contributed by atoms with Gasteiger partial charge in [0.25, 0.3) is 0 Å². The number of rotatable bonds is 5. The van der Waals surface area contributed by atoms with Crippen LogP contribution in [-0.2, 0) is 6.54 Å². The minimum absolute atomic E-state index is 0.155. The predicted molar refractivity (Wildman–Crippen MR) is 59.5 cm³/mol. The minimum atomic E-state index is -0.155. The molecule has 0 aliphatic rings. The number of hydroxylamine groups is 3. The van der Waals surface area contributed by atoms with Gasteiger partial charge >= 0.3 is 0 Å². The highest BCUT2D eigenvalue weighted by atomic mass is 16.5. The Morgan fingerprint density at radius 3 is 2.43 bits per heavy atom. The van der Waals surface area contributed by atoms with E-state index in [4.69, 9.17) is 0 Å². The Morgan fingerprint density at radius 2 is 1.86 bits per heavy atom. The summed E-state index contributed by atoms with van der Waals surface area (Å²) in [7, 11) is 1.75. The summed E-state index contributed by atoms with van der Waals surface area (Å²) in [5.41, 5.74) is 1.13. The first-order chi connectivity index (χ1) is 6.64. The van der Waals surface area contributed by atoms with Crippen molar-refractivity contribution in [3.05, 3.63) is 41.1 Å². The molecule has 0 amide bonds. The first kappa shape index (κ1) is 11.2. The summed E-state index contributed by atoms with van der Waals surface area (Å²) in [6.07, 6.45) is 2.09. The van der Waals surface area contributed by atoms with Gasteiger partial charge in [0.1, 0.15) is 6.54 Å². The summed E-state index contributed by atoms with van der Waals surface area (Å²) < 4.78 is -0.155. The molecule has 0 fully saturated rings. The SMILES string of the molecule is CCCC[N+](C)([O-])Cc1ccccc1. The topological polar surface area (TPSA) is 23.1 Å². The lowest BCUT2D eigenvalue weighted by Crippen LogP contribution is -2.37. The smallest absolute Gasteiger partial charge is 0.104 e. The van der Waals surface area contributed by atoms with Crippen LogP contribution in [0.1, 0.15) is 25.3 Å². The van der Waals surface area contributed by atoms with Gasteiger partial charge in [-0.15, -0.1) is 0 Å². The molecule has 78 valence electrons. The van der Waals surface area contributed by atoms with E-state index in [0.29, 0.717) is 13.1 Å². The van der Waals surface area contributed by atoms with Crippen LogP contribution in [0, 0.1) is 5.21 Å². The molecule has 14 heavy (non-hydrogen) atoms. The van der Waals surface area contributed by atoms with E-state index in [-0.39, 0.29) is 4.65 Å². The molecule has 0 spiro atoms. The maximum atomic E-state index is 12.0. The predicted octanol–water partition coefficient (Wildman–Crippen LogP) is 2.93. The lowest BCUT2D eigenvalue weighted by atomic mass is 10.2. The second kappa shape index (κ2) is 5.13. The van der Waals surface area contributed by atoms with E-state index in [1.807, 2.05) is 30.3 Å². The van der Waals surface area contributed by atoms with E-state index in [9.17, 15) is 5.21 Å². The Bertz CT molecular complexity index is 256. The van der Waals surface area contributed by atoms with Gasteiger partial charge in [-0.3, -0.25) is 0 Å². The third-order valence-electron chi connectivity index (χ3n) is 2.34. The van der Waals surface area contributed by atoms with E-state index in [1.165, 1.54) is 0 Å². The molecular formula is C12H19NO. The highest BCUT2D eigenvalue weighted by molar-refractivity contribution is 5.13. The molecule has 1 aromatic carbocycles. The van der Waals surface area contributed by atoms with Gasteiger partial charge in [-0.05, 0) is 6.42 Å². The molecule has 2 heteroatoms. The van der Waals surface area contributed by atoms with Gasteiger partial charge in [-0.25, -0.2) is 0 Å². The van der Waals surface area contributed by atoms with Gasteiger partial charge < -0.3 is 9.85 Å². The fourth-order valence-corrected chi connectivity index (χ4v) is 1.54. The molecule has 1 atom stereocenters. The summed E-state index contributed by atoms with van der Waals surface area (Å²) >= 11 is 0. The number of nitrogens with zero attached hydrogens (tertiary/aromatic N) is 1. The number of hydrogen-bond acceptors (Lipinski definition) is 1. The maximum absolute atomic E-state index is 12.0. The molecule has 0 aliphatic heterocycles. The quantitative estimate of drug-likeness (QED) is 0.521. The summed E-state index contributed by atoms with van der Waals surface area (Å²) in [5.74, 6) is 0. The van der Waals surface area contributed by atoms with Crippen LogP contribution < -0.4 is 0 Å². The van der Waals surface area contributed by atoms with Crippen LogP contribution in [0.3, 0.4) is 0 Å². The molecule has 0 heterocycles. The monoisotopic (exact) mass is 193 g/mol.